The van der Waals surface area contributed by atoms with Gasteiger partial charge in [-0.1, -0.05) is 17.7 Å². The van der Waals surface area contributed by atoms with Crippen LogP contribution in [0.4, 0.5) is 0 Å². The van der Waals surface area contributed by atoms with Crippen molar-refractivity contribution in [3.63, 3.8) is 0 Å². The molecule has 5 heteroatoms. The molecule has 0 heterocycles. The van der Waals surface area contributed by atoms with E-state index in [9.17, 15) is 4.79 Å². The first-order chi connectivity index (χ1) is 8.58. The Bertz CT molecular complexity index is 409. The highest BCUT2D eigenvalue weighted by Crippen LogP contribution is 2.19. The van der Waals surface area contributed by atoms with E-state index < -0.39 is 11.3 Å². The lowest BCUT2D eigenvalue weighted by Gasteiger charge is -2.12. The van der Waals surface area contributed by atoms with Crippen LogP contribution in [-0.4, -0.2) is 32.1 Å². The van der Waals surface area contributed by atoms with E-state index in [-0.39, 0.29) is 0 Å². The van der Waals surface area contributed by atoms with E-state index in [2.05, 4.69) is 10.1 Å². The van der Waals surface area contributed by atoms with E-state index >= 15 is 0 Å². The summed E-state index contributed by atoms with van der Waals surface area (Å²) in [4.78, 5) is 11.1. The van der Waals surface area contributed by atoms with Gasteiger partial charge in [0.15, 0.2) is 0 Å². The number of carbonyl (C=O) groups excluding carboxylic acids is 1. The monoisotopic (exact) mass is 271 g/mol. The number of aryl methyl sites for hydroxylation is 1. The molecular formula is C13H18ClNO3. The normalized spacial score (nSPS) is 12.0. The van der Waals surface area contributed by atoms with E-state index in [0.717, 1.165) is 16.9 Å². The van der Waals surface area contributed by atoms with Crippen molar-refractivity contribution < 1.29 is 14.3 Å². The molecule has 0 fully saturated rings. The van der Waals surface area contributed by atoms with E-state index in [0.29, 0.717) is 13.1 Å². The van der Waals surface area contributed by atoms with Crippen LogP contribution in [0.1, 0.15) is 11.1 Å². The van der Waals surface area contributed by atoms with Crippen LogP contribution in [0, 0.1) is 6.92 Å². The Kier molecular flexibility index (Phi) is 5.95. The Morgan fingerprint density at radius 3 is 2.78 bits per heavy atom. The van der Waals surface area contributed by atoms with Crippen LogP contribution in [0.15, 0.2) is 18.2 Å². The molecule has 100 valence electrons. The van der Waals surface area contributed by atoms with Crippen molar-refractivity contribution in [2.75, 3.05) is 20.8 Å². The summed E-state index contributed by atoms with van der Waals surface area (Å²) in [6.45, 7) is 2.96. The molecule has 1 atom stereocenters. The van der Waals surface area contributed by atoms with Gasteiger partial charge in [0, 0.05) is 18.7 Å². The molecule has 1 N–H and O–H groups in total. The maximum Gasteiger partial charge on any atom is 0.325 e. The molecule has 1 aromatic rings. The zero-order valence-electron chi connectivity index (χ0n) is 10.8. The van der Waals surface area contributed by atoms with Gasteiger partial charge in [0.2, 0.25) is 0 Å². The molecule has 1 unspecified atom stereocenters. The fraction of sp³-hybridized carbons (Fsp3) is 0.462. The highest BCUT2D eigenvalue weighted by molar-refractivity contribution is 6.30. The number of hydrogen-bond donors (Lipinski definition) is 1. The Hall–Kier alpha value is -1.26. The highest BCUT2D eigenvalue weighted by Gasteiger charge is 2.15. The minimum absolute atomic E-state index is 0.353. The molecular weight excluding hydrogens is 254 g/mol. The third-order valence-corrected chi connectivity index (χ3v) is 2.86. The summed E-state index contributed by atoms with van der Waals surface area (Å²) >= 11 is 5.83. The lowest BCUT2D eigenvalue weighted by atomic mass is 10.1. The minimum Gasteiger partial charge on any atom is -0.496 e. The average Bonchev–Trinajstić information content (AvgIpc) is 2.38. The molecule has 0 spiro atoms. The molecule has 0 saturated carbocycles. The zero-order valence-corrected chi connectivity index (χ0v) is 11.6. The third kappa shape index (κ3) is 4.20. The van der Waals surface area contributed by atoms with E-state index in [1.54, 1.807) is 7.11 Å². The highest BCUT2D eigenvalue weighted by atomic mass is 35.5. The molecule has 0 amide bonds. The first-order valence-electron chi connectivity index (χ1n) is 5.64. The first-order valence-corrected chi connectivity index (χ1v) is 6.08. The van der Waals surface area contributed by atoms with Gasteiger partial charge in [0.25, 0.3) is 0 Å². The van der Waals surface area contributed by atoms with Crippen molar-refractivity contribution >= 4 is 17.6 Å². The van der Waals surface area contributed by atoms with Crippen LogP contribution in [0.25, 0.3) is 0 Å². The predicted molar refractivity (Wildman–Crippen MR) is 71.1 cm³/mol. The fourth-order valence-corrected chi connectivity index (χ4v) is 1.79. The van der Waals surface area contributed by atoms with Crippen molar-refractivity contribution in [2.45, 2.75) is 18.8 Å². The summed E-state index contributed by atoms with van der Waals surface area (Å²) in [6, 6.07) is 5.94. The largest absolute Gasteiger partial charge is 0.496 e. The quantitative estimate of drug-likeness (QED) is 0.634. The van der Waals surface area contributed by atoms with Gasteiger partial charge in [-0.25, -0.2) is 0 Å². The Morgan fingerprint density at radius 1 is 1.44 bits per heavy atom. The van der Waals surface area contributed by atoms with Crippen molar-refractivity contribution in [1.29, 1.82) is 0 Å². The van der Waals surface area contributed by atoms with Crippen LogP contribution in [0.2, 0.25) is 0 Å². The minimum atomic E-state index is -0.675. The number of rotatable bonds is 6. The van der Waals surface area contributed by atoms with Gasteiger partial charge in [0.05, 0.1) is 14.2 Å². The molecule has 0 bridgehead atoms. The zero-order chi connectivity index (χ0) is 13.5. The standard InChI is InChI=1S/C13H18ClNO3/c1-9-4-5-12(17-2)10(6-9)7-15-8-11(14)13(16)18-3/h4-6,11,15H,7-8H2,1-3H3. The van der Waals surface area contributed by atoms with Gasteiger partial charge in [0.1, 0.15) is 11.1 Å². The number of alkyl halides is 1. The van der Waals surface area contributed by atoms with Crippen molar-refractivity contribution in [1.82, 2.24) is 5.32 Å². The average molecular weight is 272 g/mol. The van der Waals surface area contributed by atoms with E-state index in [1.165, 1.54) is 7.11 Å². The molecule has 0 aromatic heterocycles. The summed E-state index contributed by atoms with van der Waals surface area (Å²) in [5.74, 6) is 0.387. The smallest absolute Gasteiger partial charge is 0.325 e. The lowest BCUT2D eigenvalue weighted by molar-refractivity contribution is -0.140. The van der Waals surface area contributed by atoms with Crippen LogP contribution in [-0.2, 0) is 16.1 Å². The van der Waals surface area contributed by atoms with Gasteiger partial charge in [-0.05, 0) is 13.0 Å². The number of esters is 1. The van der Waals surface area contributed by atoms with Crippen molar-refractivity contribution in [3.05, 3.63) is 29.3 Å². The van der Waals surface area contributed by atoms with Crippen molar-refractivity contribution in [2.24, 2.45) is 0 Å². The second kappa shape index (κ2) is 7.24. The number of ether oxygens (including phenoxy) is 2. The van der Waals surface area contributed by atoms with Crippen LogP contribution in [0.5, 0.6) is 5.75 Å². The van der Waals surface area contributed by atoms with Crippen LogP contribution >= 0.6 is 11.6 Å². The third-order valence-electron chi connectivity index (χ3n) is 2.53. The number of hydrogen-bond acceptors (Lipinski definition) is 4. The molecule has 0 aliphatic rings. The molecule has 1 aromatic carbocycles. The molecule has 1 rings (SSSR count). The van der Waals surface area contributed by atoms with Gasteiger partial charge in [-0.3, -0.25) is 4.79 Å². The summed E-state index contributed by atoms with van der Waals surface area (Å²) in [7, 11) is 2.95. The van der Waals surface area contributed by atoms with E-state index in [1.807, 2.05) is 25.1 Å². The Labute approximate surface area is 112 Å². The van der Waals surface area contributed by atoms with Gasteiger partial charge in [-0.15, -0.1) is 11.6 Å². The molecule has 0 aliphatic carbocycles. The number of halogens is 1. The second-order valence-corrected chi connectivity index (χ2v) is 4.46. The Morgan fingerprint density at radius 2 is 2.17 bits per heavy atom. The molecule has 4 nitrogen and oxygen atoms in total. The molecule has 0 aliphatic heterocycles. The lowest BCUT2D eigenvalue weighted by Crippen LogP contribution is -2.29. The van der Waals surface area contributed by atoms with Crippen LogP contribution in [0.3, 0.4) is 0 Å². The van der Waals surface area contributed by atoms with Crippen molar-refractivity contribution in [3.8, 4) is 5.75 Å². The number of benzene rings is 1. The molecule has 0 radical (unpaired) electrons. The second-order valence-electron chi connectivity index (χ2n) is 3.94. The summed E-state index contributed by atoms with van der Waals surface area (Å²) < 4.78 is 9.81. The SMILES string of the molecule is COC(=O)C(Cl)CNCc1cc(C)ccc1OC. The maximum absolute atomic E-state index is 11.1. The maximum atomic E-state index is 11.1. The number of methoxy groups -OCH3 is 2. The molecule has 18 heavy (non-hydrogen) atoms. The van der Waals surface area contributed by atoms with Gasteiger partial charge >= 0.3 is 5.97 Å². The van der Waals surface area contributed by atoms with Gasteiger partial charge < -0.3 is 14.8 Å². The predicted octanol–water partition coefficient (Wildman–Crippen LogP) is 1.87. The summed E-state index contributed by atoms with van der Waals surface area (Å²) in [5.41, 5.74) is 2.19. The first kappa shape index (κ1) is 14.8. The molecule has 0 saturated heterocycles. The topological polar surface area (TPSA) is 47.6 Å². The number of carbonyl (C=O) groups is 1. The number of nitrogens with one attached hydrogen (secondary N) is 1. The van der Waals surface area contributed by atoms with Crippen LogP contribution < -0.4 is 10.1 Å². The Balaban J connectivity index is 2.53. The van der Waals surface area contributed by atoms with Gasteiger partial charge in [-0.2, -0.15) is 0 Å². The van der Waals surface area contributed by atoms with E-state index in [4.69, 9.17) is 16.3 Å². The summed E-state index contributed by atoms with van der Waals surface area (Å²) in [6.07, 6.45) is 0. The summed E-state index contributed by atoms with van der Waals surface area (Å²) in [5, 5.41) is 2.43. The fourth-order valence-electron chi connectivity index (χ4n) is 1.59.